The molecular formula is C14H15N3O3. The Morgan fingerprint density at radius 1 is 1.50 bits per heavy atom. The van der Waals surface area contributed by atoms with E-state index in [1.165, 1.54) is 17.0 Å². The Bertz CT molecular complexity index is 615. The fourth-order valence-electron chi connectivity index (χ4n) is 2.46. The lowest BCUT2D eigenvalue weighted by Gasteiger charge is -2.43. The Morgan fingerprint density at radius 3 is 2.60 bits per heavy atom. The number of carbonyl (C=O) groups excluding carboxylic acids is 1. The monoisotopic (exact) mass is 273 g/mol. The molecule has 0 bridgehead atoms. The molecule has 1 saturated carbocycles. The van der Waals surface area contributed by atoms with Crippen LogP contribution in [0.25, 0.3) is 0 Å². The molecule has 104 valence electrons. The van der Waals surface area contributed by atoms with E-state index in [0.717, 1.165) is 6.42 Å². The molecule has 0 N–H and O–H groups in total. The molecule has 0 atom stereocenters. The molecule has 6 heteroatoms. The van der Waals surface area contributed by atoms with Gasteiger partial charge in [0, 0.05) is 24.2 Å². The van der Waals surface area contributed by atoms with Gasteiger partial charge in [0.1, 0.15) is 5.54 Å². The highest BCUT2D eigenvalue weighted by Crippen LogP contribution is 2.37. The molecule has 0 aromatic heterocycles. The van der Waals surface area contributed by atoms with Gasteiger partial charge >= 0.3 is 0 Å². The van der Waals surface area contributed by atoms with Gasteiger partial charge < -0.3 is 4.90 Å². The molecular weight excluding hydrogens is 258 g/mol. The highest BCUT2D eigenvalue weighted by molar-refractivity contribution is 5.97. The maximum Gasteiger partial charge on any atom is 0.273 e. The second-order valence-electron chi connectivity index (χ2n) is 5.07. The van der Waals surface area contributed by atoms with Gasteiger partial charge in [-0.1, -0.05) is 6.07 Å². The third kappa shape index (κ3) is 2.01. The van der Waals surface area contributed by atoms with Gasteiger partial charge in [-0.05, 0) is 32.3 Å². The average Bonchev–Trinajstić information content (AvgIpc) is 2.37. The first-order chi connectivity index (χ1) is 9.43. The van der Waals surface area contributed by atoms with Crippen LogP contribution in [-0.4, -0.2) is 28.3 Å². The molecule has 0 radical (unpaired) electrons. The summed E-state index contributed by atoms with van der Waals surface area (Å²) >= 11 is 0. The van der Waals surface area contributed by atoms with Gasteiger partial charge in [0.2, 0.25) is 0 Å². The van der Waals surface area contributed by atoms with Crippen LogP contribution in [0, 0.1) is 28.4 Å². The van der Waals surface area contributed by atoms with Crippen molar-refractivity contribution in [2.75, 3.05) is 7.05 Å². The fourth-order valence-corrected chi connectivity index (χ4v) is 2.46. The molecule has 20 heavy (non-hydrogen) atoms. The van der Waals surface area contributed by atoms with E-state index in [-0.39, 0.29) is 17.2 Å². The minimum atomic E-state index is -0.756. The van der Waals surface area contributed by atoms with Crippen LogP contribution in [0.1, 0.15) is 35.2 Å². The number of amides is 1. The van der Waals surface area contributed by atoms with Gasteiger partial charge in [0.05, 0.1) is 11.0 Å². The van der Waals surface area contributed by atoms with Gasteiger partial charge in [-0.25, -0.2) is 0 Å². The summed E-state index contributed by atoms with van der Waals surface area (Å²) in [5.41, 5.74) is -0.220. The number of carbonyl (C=O) groups is 1. The van der Waals surface area contributed by atoms with Crippen LogP contribution in [0.5, 0.6) is 0 Å². The Labute approximate surface area is 116 Å². The molecule has 1 aromatic carbocycles. The third-order valence-corrected chi connectivity index (χ3v) is 4.07. The summed E-state index contributed by atoms with van der Waals surface area (Å²) in [6.07, 6.45) is 2.22. The van der Waals surface area contributed by atoms with E-state index in [0.29, 0.717) is 18.4 Å². The Hall–Kier alpha value is -2.42. The quantitative estimate of drug-likeness (QED) is 0.625. The minimum absolute atomic E-state index is 0.0798. The van der Waals surface area contributed by atoms with Crippen LogP contribution in [0.3, 0.4) is 0 Å². The molecule has 1 amide bonds. The summed E-state index contributed by atoms with van der Waals surface area (Å²) < 4.78 is 0. The molecule has 1 aromatic rings. The first-order valence-corrected chi connectivity index (χ1v) is 6.36. The lowest BCUT2D eigenvalue weighted by atomic mass is 9.76. The summed E-state index contributed by atoms with van der Waals surface area (Å²) in [6, 6.07) is 6.62. The van der Waals surface area contributed by atoms with Crippen molar-refractivity contribution in [1.29, 1.82) is 5.26 Å². The minimum Gasteiger partial charge on any atom is -0.323 e. The van der Waals surface area contributed by atoms with E-state index >= 15 is 0 Å². The van der Waals surface area contributed by atoms with Crippen LogP contribution in [0.4, 0.5) is 5.69 Å². The first kappa shape index (κ1) is 14.0. The van der Waals surface area contributed by atoms with Gasteiger partial charge in [-0.3, -0.25) is 14.9 Å². The van der Waals surface area contributed by atoms with Crippen LogP contribution in [-0.2, 0) is 0 Å². The van der Waals surface area contributed by atoms with Gasteiger partial charge in [-0.15, -0.1) is 0 Å². The molecule has 0 unspecified atom stereocenters. The highest BCUT2D eigenvalue weighted by atomic mass is 16.6. The van der Waals surface area contributed by atoms with Crippen LogP contribution < -0.4 is 0 Å². The Balaban J connectivity index is 2.37. The number of nitro groups is 1. The van der Waals surface area contributed by atoms with Crippen molar-refractivity contribution >= 4 is 11.6 Å². The fraction of sp³-hybridized carbons (Fsp3) is 0.429. The van der Waals surface area contributed by atoms with Gasteiger partial charge in [0.15, 0.2) is 0 Å². The zero-order valence-electron chi connectivity index (χ0n) is 11.4. The Kier molecular flexibility index (Phi) is 3.45. The smallest absolute Gasteiger partial charge is 0.273 e. The topological polar surface area (TPSA) is 87.2 Å². The average molecular weight is 273 g/mol. The second kappa shape index (κ2) is 4.93. The molecule has 1 fully saturated rings. The second-order valence-corrected chi connectivity index (χ2v) is 5.07. The first-order valence-electron chi connectivity index (χ1n) is 6.36. The lowest BCUT2D eigenvalue weighted by Crippen LogP contribution is -2.53. The largest absolute Gasteiger partial charge is 0.323 e. The number of nitriles is 1. The normalized spacial score (nSPS) is 15.8. The van der Waals surface area contributed by atoms with Crippen molar-refractivity contribution in [2.24, 2.45) is 0 Å². The zero-order chi connectivity index (χ0) is 14.9. The van der Waals surface area contributed by atoms with Crippen molar-refractivity contribution in [3.63, 3.8) is 0 Å². The maximum absolute atomic E-state index is 12.5. The molecule has 0 heterocycles. The SMILES string of the molecule is Cc1c(C(=O)N(C)C2(C#N)CCC2)cccc1[N+](=O)[O-]. The molecule has 0 aliphatic heterocycles. The van der Waals surface area contributed by atoms with Crippen LogP contribution >= 0.6 is 0 Å². The summed E-state index contributed by atoms with van der Waals surface area (Å²) in [6.45, 7) is 1.55. The van der Waals surface area contributed by atoms with Crippen LogP contribution in [0.2, 0.25) is 0 Å². The molecule has 1 aliphatic carbocycles. The van der Waals surface area contributed by atoms with E-state index in [4.69, 9.17) is 0 Å². The van der Waals surface area contributed by atoms with Crippen molar-refractivity contribution in [3.8, 4) is 6.07 Å². The van der Waals surface area contributed by atoms with Crippen molar-refractivity contribution in [1.82, 2.24) is 4.90 Å². The maximum atomic E-state index is 12.5. The number of rotatable bonds is 3. The summed E-state index contributed by atoms with van der Waals surface area (Å²) in [5, 5.41) is 20.2. The van der Waals surface area contributed by atoms with Crippen molar-refractivity contribution < 1.29 is 9.72 Å². The van der Waals surface area contributed by atoms with E-state index in [1.807, 2.05) is 0 Å². The van der Waals surface area contributed by atoms with Crippen molar-refractivity contribution in [3.05, 3.63) is 39.4 Å². The summed E-state index contributed by atoms with van der Waals surface area (Å²) in [4.78, 5) is 24.3. The molecule has 0 saturated heterocycles. The zero-order valence-corrected chi connectivity index (χ0v) is 11.4. The van der Waals surface area contributed by atoms with E-state index in [2.05, 4.69) is 6.07 Å². The number of hydrogen-bond acceptors (Lipinski definition) is 4. The van der Waals surface area contributed by atoms with Gasteiger partial charge in [0.25, 0.3) is 11.6 Å². The standard InChI is InChI=1S/C14H15N3O3/c1-10-11(5-3-6-12(10)17(19)20)13(18)16(2)14(9-15)7-4-8-14/h3,5-6H,4,7-8H2,1-2H3. The van der Waals surface area contributed by atoms with Crippen LogP contribution in [0.15, 0.2) is 18.2 Å². The predicted octanol–water partition coefficient (Wildman–Crippen LogP) is 2.42. The molecule has 0 spiro atoms. The Morgan fingerprint density at radius 2 is 2.15 bits per heavy atom. The number of hydrogen-bond donors (Lipinski definition) is 0. The van der Waals surface area contributed by atoms with Crippen molar-refractivity contribution in [2.45, 2.75) is 31.7 Å². The number of nitro benzene ring substituents is 1. The number of benzene rings is 1. The summed E-state index contributed by atoms with van der Waals surface area (Å²) in [5.74, 6) is -0.340. The number of nitrogens with zero attached hydrogens (tertiary/aromatic N) is 3. The molecule has 6 nitrogen and oxygen atoms in total. The lowest BCUT2D eigenvalue weighted by molar-refractivity contribution is -0.385. The highest BCUT2D eigenvalue weighted by Gasteiger charge is 2.44. The van der Waals surface area contributed by atoms with Gasteiger partial charge in [-0.2, -0.15) is 5.26 Å². The summed E-state index contributed by atoms with van der Waals surface area (Å²) in [7, 11) is 1.59. The van der Waals surface area contributed by atoms with E-state index in [9.17, 15) is 20.2 Å². The third-order valence-electron chi connectivity index (χ3n) is 4.07. The molecule has 1 aliphatic rings. The van der Waals surface area contributed by atoms with E-state index in [1.54, 1.807) is 20.0 Å². The predicted molar refractivity (Wildman–Crippen MR) is 72.1 cm³/mol. The van der Waals surface area contributed by atoms with E-state index < -0.39 is 10.5 Å². The molecule has 2 rings (SSSR count).